The van der Waals surface area contributed by atoms with E-state index in [1.54, 1.807) is 7.11 Å². The maximum atomic E-state index is 5.87. The maximum Gasteiger partial charge on any atom is 0.214 e. The summed E-state index contributed by atoms with van der Waals surface area (Å²) in [6.45, 7) is 8.00. The lowest BCUT2D eigenvalue weighted by molar-refractivity contribution is 0.395. The molecule has 1 aromatic heterocycles. The summed E-state index contributed by atoms with van der Waals surface area (Å²) in [7, 11) is 1.63. The fourth-order valence-corrected chi connectivity index (χ4v) is 2.08. The molecule has 1 aliphatic carbocycles. The summed E-state index contributed by atoms with van der Waals surface area (Å²) in [5, 5.41) is 3.43. The Bertz CT molecular complexity index is 336. The van der Waals surface area contributed by atoms with Crippen molar-refractivity contribution < 1.29 is 4.74 Å². The molecule has 0 atom stereocenters. The maximum absolute atomic E-state index is 5.87. The highest BCUT2D eigenvalue weighted by Crippen LogP contribution is 2.21. The molecule has 1 heterocycles. The van der Waals surface area contributed by atoms with Crippen LogP contribution < -0.4 is 15.8 Å². The Morgan fingerprint density at radius 3 is 2.25 bits per heavy atom. The van der Waals surface area contributed by atoms with Crippen molar-refractivity contribution in [3.05, 3.63) is 18.2 Å². The van der Waals surface area contributed by atoms with Gasteiger partial charge in [-0.2, -0.15) is 4.98 Å². The van der Waals surface area contributed by atoms with Crippen LogP contribution in [0, 0.1) is 0 Å². The molecule has 0 unspecified atom stereocenters. The lowest BCUT2D eigenvalue weighted by Crippen LogP contribution is -2.32. The van der Waals surface area contributed by atoms with Crippen molar-refractivity contribution in [1.82, 2.24) is 4.98 Å². The van der Waals surface area contributed by atoms with Crippen LogP contribution in [-0.2, 0) is 0 Å². The van der Waals surface area contributed by atoms with E-state index in [-0.39, 0.29) is 0 Å². The average molecular weight is 281 g/mol. The van der Waals surface area contributed by atoms with Crippen molar-refractivity contribution in [2.24, 2.45) is 5.73 Å². The SMILES string of the molecule is CC.CC.COc1cccc(NC2CCC(N)CC2)n1. The van der Waals surface area contributed by atoms with Crippen LogP contribution >= 0.6 is 0 Å². The number of anilines is 1. The van der Waals surface area contributed by atoms with Gasteiger partial charge in [0, 0.05) is 18.2 Å². The van der Waals surface area contributed by atoms with E-state index in [1.807, 2.05) is 45.9 Å². The van der Waals surface area contributed by atoms with Gasteiger partial charge in [0.15, 0.2) is 0 Å². The highest BCUT2D eigenvalue weighted by Gasteiger charge is 2.18. The van der Waals surface area contributed by atoms with Crippen LogP contribution in [0.4, 0.5) is 5.82 Å². The molecule has 1 fully saturated rings. The smallest absolute Gasteiger partial charge is 0.214 e. The lowest BCUT2D eigenvalue weighted by atomic mass is 9.92. The van der Waals surface area contributed by atoms with Crippen LogP contribution in [-0.4, -0.2) is 24.2 Å². The van der Waals surface area contributed by atoms with Gasteiger partial charge in [-0.1, -0.05) is 33.8 Å². The summed E-state index contributed by atoms with van der Waals surface area (Å²) in [4.78, 5) is 4.34. The number of rotatable bonds is 3. The molecule has 0 aliphatic heterocycles. The minimum Gasteiger partial charge on any atom is -0.481 e. The molecule has 0 bridgehead atoms. The van der Waals surface area contributed by atoms with Crippen LogP contribution in [0.2, 0.25) is 0 Å². The van der Waals surface area contributed by atoms with Crippen molar-refractivity contribution in [3.63, 3.8) is 0 Å². The Hall–Kier alpha value is -1.29. The average Bonchev–Trinajstić information content (AvgIpc) is 2.54. The Balaban J connectivity index is 0.000000829. The Morgan fingerprint density at radius 2 is 1.70 bits per heavy atom. The summed E-state index contributed by atoms with van der Waals surface area (Å²) in [5.41, 5.74) is 5.87. The second kappa shape index (κ2) is 11.5. The predicted octanol–water partition coefficient (Wildman–Crippen LogP) is 3.82. The van der Waals surface area contributed by atoms with E-state index in [1.165, 1.54) is 0 Å². The molecule has 0 aromatic carbocycles. The fourth-order valence-electron chi connectivity index (χ4n) is 2.08. The third-order valence-corrected chi connectivity index (χ3v) is 3.06. The Morgan fingerprint density at radius 1 is 1.10 bits per heavy atom. The number of hydrogen-bond acceptors (Lipinski definition) is 4. The topological polar surface area (TPSA) is 60.2 Å². The molecule has 116 valence electrons. The molecule has 3 N–H and O–H groups in total. The molecule has 1 aromatic rings. The first kappa shape index (κ1) is 18.7. The zero-order valence-corrected chi connectivity index (χ0v) is 13.6. The monoisotopic (exact) mass is 281 g/mol. The van der Waals surface area contributed by atoms with Crippen LogP contribution in [0.1, 0.15) is 53.4 Å². The van der Waals surface area contributed by atoms with Gasteiger partial charge in [-0.25, -0.2) is 0 Å². The van der Waals surface area contributed by atoms with E-state index < -0.39 is 0 Å². The zero-order chi connectivity index (χ0) is 15.4. The van der Waals surface area contributed by atoms with E-state index in [4.69, 9.17) is 10.5 Å². The summed E-state index contributed by atoms with van der Waals surface area (Å²) in [5.74, 6) is 1.54. The number of methoxy groups -OCH3 is 1. The molecule has 1 aliphatic rings. The molecule has 20 heavy (non-hydrogen) atoms. The van der Waals surface area contributed by atoms with Crippen molar-refractivity contribution in [2.75, 3.05) is 12.4 Å². The van der Waals surface area contributed by atoms with E-state index in [9.17, 15) is 0 Å². The molecule has 0 saturated heterocycles. The highest BCUT2D eigenvalue weighted by molar-refractivity contribution is 5.38. The van der Waals surface area contributed by atoms with Gasteiger partial charge in [0.05, 0.1) is 7.11 Å². The number of nitrogens with two attached hydrogens (primary N) is 1. The number of pyridine rings is 1. The molecule has 4 heteroatoms. The van der Waals surface area contributed by atoms with E-state index in [0.29, 0.717) is 18.0 Å². The first-order valence-electron chi connectivity index (χ1n) is 7.81. The van der Waals surface area contributed by atoms with Gasteiger partial charge in [-0.15, -0.1) is 0 Å². The van der Waals surface area contributed by atoms with Gasteiger partial charge >= 0.3 is 0 Å². The van der Waals surface area contributed by atoms with Gasteiger partial charge in [0.25, 0.3) is 0 Å². The van der Waals surface area contributed by atoms with Gasteiger partial charge in [-0.3, -0.25) is 0 Å². The van der Waals surface area contributed by atoms with Crippen LogP contribution in [0.5, 0.6) is 5.88 Å². The highest BCUT2D eigenvalue weighted by atomic mass is 16.5. The minimum absolute atomic E-state index is 0.385. The second-order valence-corrected chi connectivity index (χ2v) is 4.32. The number of nitrogens with one attached hydrogen (secondary N) is 1. The number of aromatic nitrogens is 1. The zero-order valence-electron chi connectivity index (χ0n) is 13.6. The second-order valence-electron chi connectivity index (χ2n) is 4.32. The lowest BCUT2D eigenvalue weighted by Gasteiger charge is -2.27. The van der Waals surface area contributed by atoms with Crippen molar-refractivity contribution in [2.45, 2.75) is 65.5 Å². The fraction of sp³-hybridized carbons (Fsp3) is 0.688. The molecule has 0 amide bonds. The predicted molar refractivity (Wildman–Crippen MR) is 87.3 cm³/mol. The summed E-state index contributed by atoms with van der Waals surface area (Å²) in [6, 6.07) is 6.65. The van der Waals surface area contributed by atoms with E-state index in [0.717, 1.165) is 31.5 Å². The summed E-state index contributed by atoms with van der Waals surface area (Å²) >= 11 is 0. The standard InChI is InChI=1S/C12H19N3O.2C2H6/c1-16-12-4-2-3-11(15-12)14-10-7-5-9(13)6-8-10;2*1-2/h2-4,9-10H,5-8,13H2,1H3,(H,14,15);2*1-2H3. The molecule has 2 rings (SSSR count). The summed E-state index contributed by atoms with van der Waals surface area (Å²) < 4.78 is 5.09. The largest absolute Gasteiger partial charge is 0.481 e. The van der Waals surface area contributed by atoms with Crippen molar-refractivity contribution in [1.29, 1.82) is 0 Å². The number of hydrogen-bond donors (Lipinski definition) is 2. The van der Waals surface area contributed by atoms with Crippen molar-refractivity contribution >= 4 is 5.82 Å². The number of ether oxygens (including phenoxy) is 1. The van der Waals surface area contributed by atoms with Gasteiger partial charge < -0.3 is 15.8 Å². The van der Waals surface area contributed by atoms with Crippen molar-refractivity contribution in [3.8, 4) is 5.88 Å². The minimum atomic E-state index is 0.385. The molecule has 1 saturated carbocycles. The van der Waals surface area contributed by atoms with Crippen LogP contribution in [0.15, 0.2) is 18.2 Å². The first-order chi connectivity index (χ1) is 9.78. The van der Waals surface area contributed by atoms with Crippen LogP contribution in [0.25, 0.3) is 0 Å². The molecule has 0 spiro atoms. The normalized spacial score (nSPS) is 20.7. The first-order valence-corrected chi connectivity index (χ1v) is 7.81. The summed E-state index contributed by atoms with van der Waals surface area (Å²) in [6.07, 6.45) is 4.45. The number of nitrogens with zero attached hydrogens (tertiary/aromatic N) is 1. The third kappa shape index (κ3) is 6.75. The van der Waals surface area contributed by atoms with E-state index >= 15 is 0 Å². The quantitative estimate of drug-likeness (QED) is 0.884. The van der Waals surface area contributed by atoms with E-state index in [2.05, 4.69) is 10.3 Å². The Labute approximate surface area is 124 Å². The van der Waals surface area contributed by atoms with Crippen LogP contribution in [0.3, 0.4) is 0 Å². The Kier molecular flexibility index (Phi) is 10.8. The van der Waals surface area contributed by atoms with Gasteiger partial charge in [0.1, 0.15) is 5.82 Å². The third-order valence-electron chi connectivity index (χ3n) is 3.06. The molecular weight excluding hydrogens is 250 g/mol. The molecule has 0 radical (unpaired) electrons. The van der Waals surface area contributed by atoms with Gasteiger partial charge in [-0.05, 0) is 31.7 Å². The molecular formula is C16H31N3O. The van der Waals surface area contributed by atoms with Gasteiger partial charge in [0.2, 0.25) is 5.88 Å². The molecule has 4 nitrogen and oxygen atoms in total.